The summed E-state index contributed by atoms with van der Waals surface area (Å²) >= 11 is 0. The molecular formula is C28H37N7O3. The van der Waals surface area contributed by atoms with E-state index in [4.69, 9.17) is 15.2 Å². The molecule has 2 heterocycles. The molecule has 5 N–H and O–H groups in total. The molecule has 0 fully saturated rings. The van der Waals surface area contributed by atoms with Crippen LogP contribution >= 0.6 is 0 Å². The van der Waals surface area contributed by atoms with Gasteiger partial charge in [-0.15, -0.1) is 0 Å². The summed E-state index contributed by atoms with van der Waals surface area (Å²) in [6, 6.07) is 13.6. The quantitative estimate of drug-likeness (QED) is 0.191. The van der Waals surface area contributed by atoms with Gasteiger partial charge in [-0.25, -0.2) is 4.98 Å². The Hall–Kier alpha value is -3.89. The SMILES string of the molecule is CCCCNc1nc(N)nc2cnn(Cc3ccc(Oc4ccc(CNCC(C)(C)O)cc4)cc3OC)c12. The second kappa shape index (κ2) is 12.1. The van der Waals surface area contributed by atoms with Gasteiger partial charge >= 0.3 is 0 Å². The Bertz CT molecular complexity index is 1350. The fraction of sp³-hybridized carbons (Fsp3) is 0.393. The van der Waals surface area contributed by atoms with Gasteiger partial charge in [0, 0.05) is 31.3 Å². The Labute approximate surface area is 223 Å². The Morgan fingerprint density at radius 2 is 1.84 bits per heavy atom. The van der Waals surface area contributed by atoms with Crippen molar-refractivity contribution in [1.29, 1.82) is 0 Å². The van der Waals surface area contributed by atoms with Crippen molar-refractivity contribution < 1.29 is 14.6 Å². The molecule has 10 heteroatoms. The van der Waals surface area contributed by atoms with Crippen LogP contribution in [0.3, 0.4) is 0 Å². The molecule has 10 nitrogen and oxygen atoms in total. The lowest BCUT2D eigenvalue weighted by Gasteiger charge is -2.17. The fourth-order valence-electron chi connectivity index (χ4n) is 4.05. The van der Waals surface area contributed by atoms with Crippen LogP contribution in [0.25, 0.3) is 11.0 Å². The molecule has 2 aromatic heterocycles. The average Bonchev–Trinajstić information content (AvgIpc) is 3.27. The van der Waals surface area contributed by atoms with E-state index in [0.29, 0.717) is 42.5 Å². The maximum Gasteiger partial charge on any atom is 0.222 e. The zero-order valence-electron chi connectivity index (χ0n) is 22.5. The van der Waals surface area contributed by atoms with E-state index in [-0.39, 0.29) is 5.95 Å². The Balaban J connectivity index is 1.47. The molecule has 0 aliphatic rings. The van der Waals surface area contributed by atoms with Crippen molar-refractivity contribution in [3.63, 3.8) is 0 Å². The van der Waals surface area contributed by atoms with Gasteiger partial charge in [0.15, 0.2) is 5.82 Å². The zero-order valence-corrected chi connectivity index (χ0v) is 22.5. The highest BCUT2D eigenvalue weighted by Crippen LogP contribution is 2.30. The lowest BCUT2D eigenvalue weighted by atomic mass is 10.1. The van der Waals surface area contributed by atoms with Crippen molar-refractivity contribution in [1.82, 2.24) is 25.1 Å². The number of ether oxygens (including phenoxy) is 2. The number of methoxy groups -OCH3 is 1. The summed E-state index contributed by atoms with van der Waals surface area (Å²) in [5, 5.41) is 21.0. The molecule has 0 radical (unpaired) electrons. The standard InChI is InChI=1S/C28H37N7O3/c1-5-6-13-31-26-25-23(33-27(29)34-26)16-32-35(25)17-20-9-12-22(14-24(20)37-4)38-21-10-7-19(8-11-21)15-30-18-28(2,3)36/h7-12,14,16,30,36H,5-6,13,15,17-18H2,1-4H3,(H3,29,31,33,34). The summed E-state index contributed by atoms with van der Waals surface area (Å²) in [5.74, 6) is 2.98. The van der Waals surface area contributed by atoms with Gasteiger partial charge in [-0.3, -0.25) is 4.68 Å². The van der Waals surface area contributed by atoms with Gasteiger partial charge in [0.2, 0.25) is 5.95 Å². The van der Waals surface area contributed by atoms with Gasteiger partial charge in [0.05, 0.1) is 25.5 Å². The van der Waals surface area contributed by atoms with Crippen LogP contribution in [-0.4, -0.2) is 50.7 Å². The topological polar surface area (TPSA) is 132 Å². The molecule has 0 atom stereocenters. The van der Waals surface area contributed by atoms with Crippen molar-refractivity contribution in [3.8, 4) is 17.2 Å². The number of hydrogen-bond acceptors (Lipinski definition) is 9. The normalized spacial score (nSPS) is 11.6. The van der Waals surface area contributed by atoms with E-state index in [9.17, 15) is 5.11 Å². The molecule has 0 aliphatic carbocycles. The number of benzene rings is 2. The third-order valence-electron chi connectivity index (χ3n) is 5.95. The Morgan fingerprint density at radius 3 is 2.55 bits per heavy atom. The van der Waals surface area contributed by atoms with Gasteiger partial charge in [0.25, 0.3) is 0 Å². The first-order valence-corrected chi connectivity index (χ1v) is 12.9. The van der Waals surface area contributed by atoms with Crippen LogP contribution in [0.15, 0.2) is 48.7 Å². The predicted octanol–water partition coefficient (Wildman–Crippen LogP) is 4.33. The molecule has 2 aromatic carbocycles. The molecule has 0 saturated carbocycles. The molecular weight excluding hydrogens is 482 g/mol. The lowest BCUT2D eigenvalue weighted by molar-refractivity contribution is 0.0795. The molecule has 0 amide bonds. The number of anilines is 2. The Kier molecular flexibility index (Phi) is 8.65. The minimum atomic E-state index is -0.742. The van der Waals surface area contributed by atoms with Crippen LogP contribution in [0, 0.1) is 0 Å². The predicted molar refractivity (Wildman–Crippen MR) is 150 cm³/mol. The lowest BCUT2D eigenvalue weighted by Crippen LogP contribution is -2.34. The number of nitrogen functional groups attached to an aromatic ring is 1. The number of fused-ring (bicyclic) bond motifs is 1. The third kappa shape index (κ3) is 7.11. The molecule has 0 unspecified atom stereocenters. The number of unbranched alkanes of at least 4 members (excludes halogenated alkanes) is 1. The van der Waals surface area contributed by atoms with Crippen molar-refractivity contribution >= 4 is 22.8 Å². The molecule has 0 aliphatic heterocycles. The zero-order chi connectivity index (χ0) is 27.1. The highest BCUT2D eigenvalue weighted by atomic mass is 16.5. The van der Waals surface area contributed by atoms with Gasteiger partial charge in [-0.1, -0.05) is 25.5 Å². The average molecular weight is 520 g/mol. The van der Waals surface area contributed by atoms with Crippen molar-refractivity contribution in [3.05, 3.63) is 59.8 Å². The number of hydrogen-bond donors (Lipinski definition) is 4. The maximum atomic E-state index is 9.84. The maximum absolute atomic E-state index is 9.84. The third-order valence-corrected chi connectivity index (χ3v) is 5.95. The first-order valence-electron chi connectivity index (χ1n) is 12.9. The summed E-state index contributed by atoms with van der Waals surface area (Å²) in [6.45, 7) is 8.15. The number of nitrogens with one attached hydrogen (secondary N) is 2. The molecule has 0 bridgehead atoms. The van der Waals surface area contributed by atoms with Crippen LogP contribution in [0.1, 0.15) is 44.7 Å². The first-order chi connectivity index (χ1) is 18.3. The van der Waals surface area contributed by atoms with Gasteiger partial charge in [-0.05, 0) is 50.1 Å². The second-order valence-corrected chi connectivity index (χ2v) is 9.88. The summed E-state index contributed by atoms with van der Waals surface area (Å²) in [5.41, 5.74) is 8.71. The van der Waals surface area contributed by atoms with E-state index in [0.717, 1.165) is 41.8 Å². The molecule has 202 valence electrons. The summed E-state index contributed by atoms with van der Waals surface area (Å²) in [4.78, 5) is 8.75. The van der Waals surface area contributed by atoms with Crippen molar-refractivity contribution in [2.24, 2.45) is 0 Å². The number of nitrogens with two attached hydrogens (primary N) is 1. The van der Waals surface area contributed by atoms with Gasteiger partial charge in [0.1, 0.15) is 28.3 Å². The van der Waals surface area contributed by atoms with Crippen LogP contribution < -0.4 is 25.8 Å². The second-order valence-electron chi connectivity index (χ2n) is 9.88. The minimum absolute atomic E-state index is 0.216. The first kappa shape index (κ1) is 27.2. The highest BCUT2D eigenvalue weighted by molar-refractivity contribution is 5.86. The number of aromatic nitrogens is 4. The monoisotopic (exact) mass is 519 g/mol. The van der Waals surface area contributed by atoms with E-state index in [1.54, 1.807) is 27.2 Å². The number of aliphatic hydroxyl groups is 1. The molecule has 38 heavy (non-hydrogen) atoms. The largest absolute Gasteiger partial charge is 0.496 e. The summed E-state index contributed by atoms with van der Waals surface area (Å²) in [7, 11) is 1.64. The van der Waals surface area contributed by atoms with E-state index < -0.39 is 5.60 Å². The number of nitrogens with zero attached hydrogens (tertiary/aromatic N) is 4. The smallest absolute Gasteiger partial charge is 0.222 e. The summed E-state index contributed by atoms with van der Waals surface area (Å²) in [6.07, 6.45) is 3.80. The Morgan fingerprint density at radius 1 is 1.08 bits per heavy atom. The van der Waals surface area contributed by atoms with E-state index in [1.807, 2.05) is 47.1 Å². The van der Waals surface area contributed by atoms with E-state index in [1.165, 1.54) is 0 Å². The van der Waals surface area contributed by atoms with Crippen LogP contribution in [-0.2, 0) is 13.1 Å². The van der Waals surface area contributed by atoms with Crippen LogP contribution in [0.2, 0.25) is 0 Å². The molecule has 4 aromatic rings. The molecule has 0 saturated heterocycles. The van der Waals surface area contributed by atoms with Crippen LogP contribution in [0.4, 0.5) is 11.8 Å². The van der Waals surface area contributed by atoms with E-state index in [2.05, 4.69) is 32.6 Å². The van der Waals surface area contributed by atoms with E-state index >= 15 is 0 Å². The van der Waals surface area contributed by atoms with Crippen molar-refractivity contribution in [2.75, 3.05) is 31.2 Å². The van der Waals surface area contributed by atoms with Crippen LogP contribution in [0.5, 0.6) is 17.2 Å². The van der Waals surface area contributed by atoms with Gasteiger partial charge < -0.3 is 30.9 Å². The summed E-state index contributed by atoms with van der Waals surface area (Å²) < 4.78 is 13.6. The molecule has 0 spiro atoms. The highest BCUT2D eigenvalue weighted by Gasteiger charge is 2.15. The van der Waals surface area contributed by atoms with Gasteiger partial charge in [-0.2, -0.15) is 10.1 Å². The van der Waals surface area contributed by atoms with Crippen molar-refractivity contribution in [2.45, 2.75) is 52.3 Å². The molecule has 4 rings (SSSR count). The minimum Gasteiger partial charge on any atom is -0.496 e. The number of rotatable bonds is 13. The fourth-order valence-corrected chi connectivity index (χ4v) is 4.05.